The summed E-state index contributed by atoms with van der Waals surface area (Å²) < 4.78 is 52.9. The van der Waals surface area contributed by atoms with Crippen LogP contribution in [0.25, 0.3) is 27.7 Å². The lowest BCUT2D eigenvalue weighted by Crippen LogP contribution is -2.27. The molecule has 0 aliphatic carbocycles. The molecule has 208 valence electrons. The van der Waals surface area contributed by atoms with E-state index in [1.54, 1.807) is 25.3 Å². The van der Waals surface area contributed by atoms with Gasteiger partial charge in [-0.2, -0.15) is 0 Å². The number of aromatic nitrogens is 1. The number of esters is 1. The number of halogens is 2. The molecule has 0 saturated carbocycles. The van der Waals surface area contributed by atoms with Gasteiger partial charge in [0.1, 0.15) is 11.5 Å². The van der Waals surface area contributed by atoms with E-state index in [4.69, 9.17) is 18.9 Å². The molecule has 4 aromatic rings. The van der Waals surface area contributed by atoms with Crippen molar-refractivity contribution in [3.63, 3.8) is 0 Å². The van der Waals surface area contributed by atoms with E-state index in [0.717, 1.165) is 39.4 Å². The zero-order valence-electron chi connectivity index (χ0n) is 23.2. The molecule has 0 spiro atoms. The normalized spacial score (nSPS) is 12.6. The highest BCUT2D eigenvalue weighted by Crippen LogP contribution is 2.50. The molecule has 0 N–H and O–H groups in total. The molecule has 9 heteroatoms. The highest BCUT2D eigenvalue weighted by atomic mass is 19.2. The molecule has 1 aromatic heterocycles. The van der Waals surface area contributed by atoms with E-state index in [1.165, 1.54) is 27.4 Å². The molecule has 0 radical (unpaired) electrons. The number of fused-ring (bicyclic) bond motifs is 2. The maximum Gasteiger partial charge on any atom is 0.338 e. The molecule has 1 aliphatic rings. The zero-order valence-corrected chi connectivity index (χ0v) is 23.2. The molecule has 0 unspecified atom stereocenters. The third-order valence-corrected chi connectivity index (χ3v) is 7.20. The Bertz CT molecular complexity index is 1650. The number of hydrogen-bond donors (Lipinski definition) is 0. The molecule has 5 rings (SSSR count). The number of carbonyl (C=O) groups is 1. The van der Waals surface area contributed by atoms with Crippen LogP contribution in [-0.2, 0) is 21.4 Å². The van der Waals surface area contributed by atoms with E-state index in [1.807, 2.05) is 30.7 Å². The first-order valence-electron chi connectivity index (χ1n) is 12.7. The number of ether oxygens (including phenoxy) is 4. The number of benzene rings is 3. The predicted octanol–water partition coefficient (Wildman–Crippen LogP) is 6.24. The molecule has 1 aliphatic heterocycles. The summed E-state index contributed by atoms with van der Waals surface area (Å²) in [5.74, 6) is -1.67. The average Bonchev–Trinajstić information content (AvgIpc) is 3.54. The van der Waals surface area contributed by atoms with Crippen LogP contribution >= 0.6 is 0 Å². The van der Waals surface area contributed by atoms with Crippen molar-refractivity contribution in [2.75, 3.05) is 35.0 Å². The van der Waals surface area contributed by atoms with Gasteiger partial charge in [-0.15, -0.1) is 0 Å². The summed E-state index contributed by atoms with van der Waals surface area (Å²) >= 11 is 0. The quantitative estimate of drug-likeness (QED) is 0.244. The summed E-state index contributed by atoms with van der Waals surface area (Å²) in [6.07, 6.45) is 1.81. The molecule has 2 heterocycles. The maximum absolute atomic E-state index is 14.7. The number of methoxy groups -OCH3 is 4. The van der Waals surface area contributed by atoms with E-state index in [-0.39, 0.29) is 5.56 Å². The van der Waals surface area contributed by atoms with Gasteiger partial charge >= 0.3 is 5.97 Å². The number of aliphatic imine (C=N–C) groups is 1. The second-order valence-electron chi connectivity index (χ2n) is 10.3. The molecule has 7 nitrogen and oxygen atoms in total. The third-order valence-electron chi connectivity index (χ3n) is 7.20. The van der Waals surface area contributed by atoms with Gasteiger partial charge < -0.3 is 23.5 Å². The highest BCUT2D eigenvalue weighted by Gasteiger charge is 2.35. The van der Waals surface area contributed by atoms with Crippen LogP contribution in [0.2, 0.25) is 0 Å². The number of carbonyl (C=O) groups excluding carboxylic acids is 1. The Morgan fingerprint density at radius 1 is 0.950 bits per heavy atom. The Hall–Kier alpha value is -4.24. The monoisotopic (exact) mass is 548 g/mol. The Balaban J connectivity index is 2.00. The minimum Gasteiger partial charge on any atom is -0.496 e. The molecular formula is C31H30F2N2O5. The van der Waals surface area contributed by atoms with Crippen molar-refractivity contribution in [2.24, 2.45) is 4.99 Å². The number of hydrogen-bond acceptors (Lipinski definition) is 6. The van der Waals surface area contributed by atoms with E-state index >= 15 is 0 Å². The van der Waals surface area contributed by atoms with Gasteiger partial charge in [0.05, 0.1) is 51.1 Å². The summed E-state index contributed by atoms with van der Waals surface area (Å²) in [5, 5.41) is 0.829. The minimum absolute atomic E-state index is 0.260. The smallest absolute Gasteiger partial charge is 0.338 e. The van der Waals surface area contributed by atoms with Gasteiger partial charge in [-0.1, -0.05) is 13.8 Å². The van der Waals surface area contributed by atoms with Crippen molar-refractivity contribution in [2.45, 2.75) is 25.8 Å². The molecular weight excluding hydrogens is 518 g/mol. The summed E-state index contributed by atoms with van der Waals surface area (Å²) in [6, 6.07) is 11.1. The molecule has 0 atom stereocenters. The van der Waals surface area contributed by atoms with Crippen LogP contribution in [0.1, 0.15) is 41.0 Å². The van der Waals surface area contributed by atoms with Gasteiger partial charge in [0.15, 0.2) is 11.6 Å². The fourth-order valence-corrected chi connectivity index (χ4v) is 5.50. The highest BCUT2D eigenvalue weighted by molar-refractivity contribution is 6.06. The standard InChI is InChI=1S/C31H30F2N2O5/c1-31(2,16-37-3)29-27(28-25(38-4)11-17(30(36)40-6)12-26(28)39-5)21-9-18-14-34-15-19(18)10-24(21)35(29)20-7-8-22(32)23(33)13-20/h7-13,15H,14,16H2,1-6H3. The SMILES string of the molecule is COCC(C)(C)c1c(-c2c(OC)cc(C(=O)OC)cc2OC)c2cc3c(cc2n1-c1ccc(F)c(F)c1)C=NC3. The number of rotatable bonds is 8. The van der Waals surface area contributed by atoms with E-state index < -0.39 is 23.0 Å². The van der Waals surface area contributed by atoms with Crippen LogP contribution in [0.15, 0.2) is 47.5 Å². The largest absolute Gasteiger partial charge is 0.496 e. The Kier molecular flexibility index (Phi) is 7.10. The first-order valence-corrected chi connectivity index (χ1v) is 12.7. The van der Waals surface area contributed by atoms with Crippen molar-refractivity contribution in [1.29, 1.82) is 0 Å². The van der Waals surface area contributed by atoms with Crippen molar-refractivity contribution in [3.8, 4) is 28.3 Å². The Morgan fingerprint density at radius 3 is 2.25 bits per heavy atom. The second-order valence-corrected chi connectivity index (χ2v) is 10.3. The first kappa shape index (κ1) is 27.3. The van der Waals surface area contributed by atoms with Gasteiger partial charge in [-0.05, 0) is 47.5 Å². The number of nitrogens with zero attached hydrogens (tertiary/aromatic N) is 2. The van der Waals surface area contributed by atoms with Crippen LogP contribution in [-0.4, -0.2) is 51.8 Å². The summed E-state index contributed by atoms with van der Waals surface area (Å²) in [4.78, 5) is 16.9. The lowest BCUT2D eigenvalue weighted by Gasteiger charge is -2.29. The van der Waals surface area contributed by atoms with Crippen molar-refractivity contribution in [3.05, 3.63) is 76.5 Å². The molecule has 0 saturated heterocycles. The second kappa shape index (κ2) is 10.4. The van der Waals surface area contributed by atoms with Gasteiger partial charge in [0, 0.05) is 47.1 Å². The summed E-state index contributed by atoms with van der Waals surface area (Å²) in [5.41, 5.74) is 4.89. The first-order chi connectivity index (χ1) is 19.1. The van der Waals surface area contributed by atoms with Gasteiger partial charge in [-0.3, -0.25) is 4.99 Å². The molecule has 0 bridgehead atoms. The lowest BCUT2D eigenvalue weighted by molar-refractivity contribution is 0.0600. The maximum atomic E-state index is 14.7. The van der Waals surface area contributed by atoms with Gasteiger partial charge in [0.2, 0.25) is 0 Å². The van der Waals surface area contributed by atoms with Crippen molar-refractivity contribution in [1.82, 2.24) is 4.57 Å². The van der Waals surface area contributed by atoms with Crippen LogP contribution in [0, 0.1) is 11.6 Å². The fourth-order valence-electron chi connectivity index (χ4n) is 5.50. The molecule has 0 amide bonds. The van der Waals surface area contributed by atoms with Gasteiger partial charge in [-0.25, -0.2) is 13.6 Å². The zero-order chi connectivity index (χ0) is 28.8. The average molecular weight is 549 g/mol. The van der Waals surface area contributed by atoms with E-state index in [2.05, 4.69) is 11.1 Å². The fraction of sp³-hybridized carbons (Fsp3) is 0.290. The van der Waals surface area contributed by atoms with Crippen LogP contribution in [0.5, 0.6) is 11.5 Å². The van der Waals surface area contributed by atoms with Crippen LogP contribution in [0.3, 0.4) is 0 Å². The molecule has 3 aromatic carbocycles. The summed E-state index contributed by atoms with van der Waals surface area (Å²) in [7, 11) is 5.95. The minimum atomic E-state index is -0.961. The third kappa shape index (κ3) is 4.40. The topological polar surface area (TPSA) is 71.3 Å². The van der Waals surface area contributed by atoms with Gasteiger partial charge in [0.25, 0.3) is 0 Å². The Labute approximate surface area is 230 Å². The van der Waals surface area contributed by atoms with E-state index in [9.17, 15) is 13.6 Å². The predicted molar refractivity (Wildman–Crippen MR) is 149 cm³/mol. The van der Waals surface area contributed by atoms with Crippen LogP contribution < -0.4 is 9.47 Å². The lowest BCUT2D eigenvalue weighted by atomic mass is 9.84. The molecule has 40 heavy (non-hydrogen) atoms. The van der Waals surface area contributed by atoms with Crippen LogP contribution in [0.4, 0.5) is 8.78 Å². The Morgan fingerprint density at radius 2 is 1.65 bits per heavy atom. The van der Waals surface area contributed by atoms with Crippen molar-refractivity contribution >= 4 is 23.1 Å². The summed E-state index contributed by atoms with van der Waals surface area (Å²) in [6.45, 7) is 4.86. The van der Waals surface area contributed by atoms with E-state index in [0.29, 0.717) is 35.9 Å². The molecule has 0 fully saturated rings. The van der Waals surface area contributed by atoms with Crippen molar-refractivity contribution < 1.29 is 32.5 Å².